The molecule has 116 valence electrons. The Bertz CT molecular complexity index is 886. The zero-order valence-electron chi connectivity index (χ0n) is 12.8. The van der Waals surface area contributed by atoms with Gasteiger partial charge in [-0.15, -0.1) is 5.10 Å². The fourth-order valence-electron chi connectivity index (χ4n) is 2.53. The van der Waals surface area contributed by atoms with E-state index in [-0.39, 0.29) is 41.2 Å². The van der Waals surface area contributed by atoms with Crippen molar-refractivity contribution in [3.8, 4) is 0 Å². The largest absolute Gasteiger partial charge is 1.00 e. The van der Waals surface area contributed by atoms with Crippen LogP contribution in [-0.4, -0.2) is 37.1 Å². The molecule has 1 amide bonds. The summed E-state index contributed by atoms with van der Waals surface area (Å²) in [5.74, 6) is -1.39. The zero-order chi connectivity index (χ0) is 16.1. The third kappa shape index (κ3) is 2.53. The van der Waals surface area contributed by atoms with Crippen molar-refractivity contribution in [3.63, 3.8) is 0 Å². The molecule has 1 saturated heterocycles. The molecule has 0 spiro atoms. The number of β-lactam (4-membered cyclic amide) rings is 1. The summed E-state index contributed by atoms with van der Waals surface area (Å²) in [7, 11) is 1.72. The first-order valence-electron chi connectivity index (χ1n) is 6.64. The zero-order valence-corrected chi connectivity index (χ0v) is 15.6. The number of amides is 1. The maximum Gasteiger partial charge on any atom is 1.00 e. The normalized spacial score (nSPS) is 20.9. The van der Waals surface area contributed by atoms with E-state index in [0.29, 0.717) is 21.9 Å². The Kier molecular flexibility index (Phi) is 4.43. The van der Waals surface area contributed by atoms with Crippen molar-refractivity contribution >= 4 is 34.6 Å². The van der Waals surface area contributed by atoms with Gasteiger partial charge in [0.1, 0.15) is 16.8 Å². The second kappa shape index (κ2) is 6.25. The molecule has 2 aromatic rings. The Balaban J connectivity index is 0.00000169. The van der Waals surface area contributed by atoms with E-state index >= 15 is 0 Å². The van der Waals surface area contributed by atoms with Crippen LogP contribution in [0.3, 0.4) is 0 Å². The molecule has 0 bridgehead atoms. The van der Waals surface area contributed by atoms with Crippen molar-refractivity contribution in [2.45, 2.75) is 5.37 Å². The van der Waals surface area contributed by atoms with Crippen molar-refractivity contribution in [1.82, 2.24) is 19.9 Å². The van der Waals surface area contributed by atoms with Crippen LogP contribution in [0.2, 0.25) is 0 Å². The van der Waals surface area contributed by atoms with E-state index in [2.05, 4.69) is 10.3 Å². The van der Waals surface area contributed by atoms with Gasteiger partial charge in [-0.2, -0.15) is 0 Å². The molecular weight excluding hydrogens is 343 g/mol. The molecule has 0 radical (unpaired) electrons. The molecule has 1 atom stereocenters. The number of hydrogen-bond donors (Lipinski definition) is 0. The number of fused-ring (bicyclic) bond motifs is 1. The third-order valence-corrected chi connectivity index (χ3v) is 4.83. The number of thioether (sulfide) groups is 1. The van der Waals surface area contributed by atoms with Crippen molar-refractivity contribution in [2.24, 2.45) is 7.05 Å². The van der Waals surface area contributed by atoms with Crippen LogP contribution in [0.4, 0.5) is 0 Å². The number of carbonyl (C=O) groups is 2. The average molecular weight is 352 g/mol. The van der Waals surface area contributed by atoms with Gasteiger partial charge < -0.3 is 14.3 Å². The van der Waals surface area contributed by atoms with E-state index < -0.39 is 11.3 Å². The van der Waals surface area contributed by atoms with Crippen molar-refractivity contribution in [3.05, 3.63) is 47.3 Å². The second-order valence-electron chi connectivity index (χ2n) is 5.00. The molecule has 10 heteroatoms. The number of furan rings is 1. The van der Waals surface area contributed by atoms with Gasteiger partial charge in [0.05, 0.1) is 34.6 Å². The Morgan fingerprint density at radius 2 is 2.29 bits per heavy atom. The Hall–Kier alpha value is -1.81. The number of hydrogen-bond acceptors (Lipinski definition) is 7. The number of aryl methyl sites for hydroxylation is 1. The minimum atomic E-state index is -1.40. The van der Waals surface area contributed by atoms with Crippen LogP contribution >= 0.6 is 11.8 Å². The molecule has 2 aliphatic heterocycles. The predicted molar refractivity (Wildman–Crippen MR) is 77.8 cm³/mol. The van der Waals surface area contributed by atoms with Gasteiger partial charge in [-0.1, -0.05) is 17.0 Å². The number of carboxylic acids is 1. The molecule has 0 N–H and O–H groups in total. The van der Waals surface area contributed by atoms with Crippen LogP contribution in [-0.2, 0) is 16.6 Å². The van der Waals surface area contributed by atoms with Gasteiger partial charge >= 0.3 is 29.6 Å². The minimum absolute atomic E-state index is 0. The van der Waals surface area contributed by atoms with Gasteiger partial charge in [0.15, 0.2) is 0 Å². The van der Waals surface area contributed by atoms with Crippen molar-refractivity contribution in [2.75, 3.05) is 0 Å². The molecule has 1 fully saturated rings. The number of nitrogens with zero attached hydrogens (tertiary/aromatic N) is 4. The molecule has 4 rings (SSSR count). The maximum absolute atomic E-state index is 12.3. The molecular formula is C14H9N4NaO4S. The first kappa shape index (κ1) is 17.0. The van der Waals surface area contributed by atoms with Crippen LogP contribution in [0, 0.1) is 0 Å². The summed E-state index contributed by atoms with van der Waals surface area (Å²) >= 11 is 1.24. The predicted octanol–water partition coefficient (Wildman–Crippen LogP) is -3.17. The van der Waals surface area contributed by atoms with E-state index in [1.165, 1.54) is 27.6 Å². The van der Waals surface area contributed by atoms with E-state index in [4.69, 9.17) is 4.42 Å². The van der Waals surface area contributed by atoms with E-state index in [1.807, 2.05) is 0 Å². The molecule has 4 heterocycles. The van der Waals surface area contributed by atoms with E-state index in [0.717, 1.165) is 0 Å². The molecule has 0 aliphatic carbocycles. The van der Waals surface area contributed by atoms with Crippen LogP contribution in [0.1, 0.15) is 11.5 Å². The molecule has 2 aromatic heterocycles. The van der Waals surface area contributed by atoms with Gasteiger partial charge in [0.25, 0.3) is 5.91 Å². The summed E-state index contributed by atoms with van der Waals surface area (Å²) in [6, 6.07) is 3.30. The Labute approximate surface area is 162 Å². The second-order valence-corrected chi connectivity index (χ2v) is 6.10. The average Bonchev–Trinajstić information content (AvgIpc) is 3.22. The Morgan fingerprint density at radius 1 is 1.50 bits per heavy atom. The van der Waals surface area contributed by atoms with Crippen LogP contribution in [0.5, 0.6) is 0 Å². The van der Waals surface area contributed by atoms with E-state index in [1.54, 1.807) is 31.5 Å². The van der Waals surface area contributed by atoms with Crippen molar-refractivity contribution in [1.29, 1.82) is 0 Å². The summed E-state index contributed by atoms with van der Waals surface area (Å²) in [6.07, 6.45) is 4.73. The quantitative estimate of drug-likeness (QED) is 0.326. The monoisotopic (exact) mass is 352 g/mol. The fraction of sp³-hybridized carbons (Fsp3) is 0.143. The SMILES string of the molecule is Cn1cc(/C=C2/C(=O)N3C(C(=O)[O-])=C(c4ccco4)S[C@H]23)nn1.[Na+]. The molecule has 0 unspecified atom stereocenters. The maximum atomic E-state index is 12.3. The Morgan fingerprint density at radius 3 is 2.88 bits per heavy atom. The topological polar surface area (TPSA) is 104 Å². The number of aromatic nitrogens is 3. The van der Waals surface area contributed by atoms with Crippen LogP contribution < -0.4 is 34.7 Å². The summed E-state index contributed by atoms with van der Waals surface area (Å²) in [6.45, 7) is 0. The first-order chi connectivity index (χ1) is 11.1. The standard InChI is InChI=1S/C14H10N4O4S.Na/c1-17-6-7(15-16-17)5-8-12(19)18-10(14(20)21)11(23-13(8)18)9-3-2-4-22-9;/h2-6,13H,1H3,(H,20,21);/q;+1/p-1/b8-5-;/t13-;/m1./s1. The van der Waals surface area contributed by atoms with Gasteiger partial charge in [-0.05, 0) is 18.2 Å². The third-order valence-electron chi connectivity index (χ3n) is 3.51. The number of rotatable bonds is 3. The van der Waals surface area contributed by atoms with E-state index in [9.17, 15) is 14.7 Å². The fourth-order valence-corrected chi connectivity index (χ4v) is 3.88. The molecule has 0 saturated carbocycles. The van der Waals surface area contributed by atoms with Crippen LogP contribution in [0.15, 0.2) is 40.3 Å². The van der Waals surface area contributed by atoms with Crippen LogP contribution in [0.25, 0.3) is 11.0 Å². The number of carboxylic acid groups (broad SMARTS) is 1. The summed E-state index contributed by atoms with van der Waals surface area (Å²) in [4.78, 5) is 25.4. The minimum Gasteiger partial charge on any atom is -0.543 e. The number of carbonyl (C=O) groups excluding carboxylic acids is 2. The summed E-state index contributed by atoms with van der Waals surface area (Å²) < 4.78 is 6.78. The van der Waals surface area contributed by atoms with Gasteiger partial charge in [0.2, 0.25) is 0 Å². The first-order valence-corrected chi connectivity index (χ1v) is 7.52. The van der Waals surface area contributed by atoms with Gasteiger partial charge in [0, 0.05) is 7.05 Å². The molecule has 8 nitrogen and oxygen atoms in total. The van der Waals surface area contributed by atoms with Crippen molar-refractivity contribution < 1.29 is 48.7 Å². The summed E-state index contributed by atoms with van der Waals surface area (Å²) in [5.41, 5.74) is 0.851. The summed E-state index contributed by atoms with van der Waals surface area (Å²) in [5, 5.41) is 18.7. The number of aliphatic carboxylic acids is 1. The molecule has 0 aromatic carbocycles. The molecule has 24 heavy (non-hydrogen) atoms. The molecule has 2 aliphatic rings. The van der Waals surface area contributed by atoms with Gasteiger partial charge in [-0.3, -0.25) is 14.4 Å². The smallest absolute Gasteiger partial charge is 0.543 e. The van der Waals surface area contributed by atoms with Gasteiger partial charge in [-0.25, -0.2) is 0 Å².